The third-order valence-electron chi connectivity index (χ3n) is 6.73. The van der Waals surface area contributed by atoms with Gasteiger partial charge in [0.25, 0.3) is 15.9 Å². The lowest BCUT2D eigenvalue weighted by molar-refractivity contribution is -0.0162. The van der Waals surface area contributed by atoms with Gasteiger partial charge in [-0.25, -0.2) is 8.42 Å². The predicted molar refractivity (Wildman–Crippen MR) is 147 cm³/mol. The minimum Gasteiger partial charge on any atom is -0.389 e. The van der Waals surface area contributed by atoms with Gasteiger partial charge in [0.1, 0.15) is 4.90 Å². The molecule has 0 aromatic heterocycles. The van der Waals surface area contributed by atoms with Gasteiger partial charge < -0.3 is 10.0 Å². The van der Waals surface area contributed by atoms with Gasteiger partial charge in [-0.2, -0.15) is 0 Å². The highest BCUT2D eigenvalue weighted by Gasteiger charge is 2.34. The number of hydrogen-bond acceptors (Lipinski definition) is 5. The molecule has 7 nitrogen and oxygen atoms in total. The van der Waals surface area contributed by atoms with Crippen LogP contribution in [-0.2, 0) is 16.4 Å². The summed E-state index contributed by atoms with van der Waals surface area (Å²) in [6.45, 7) is 6.50. The zero-order valence-electron chi connectivity index (χ0n) is 21.4. The number of hydrogen-bond donors (Lipinski definition) is 2. The molecule has 1 saturated heterocycles. The van der Waals surface area contributed by atoms with Crippen molar-refractivity contribution >= 4 is 33.5 Å². The Hall–Kier alpha value is -3.49. The molecule has 0 spiro atoms. The topological polar surface area (TPSA) is 99.1 Å². The summed E-state index contributed by atoms with van der Waals surface area (Å²) in [5.74, 6) is -0.134. The first-order chi connectivity index (χ1) is 17.6. The van der Waals surface area contributed by atoms with Gasteiger partial charge in [0, 0.05) is 37.0 Å². The van der Waals surface area contributed by atoms with Crippen LogP contribution >= 0.6 is 0 Å². The molecule has 0 radical (unpaired) electrons. The molecule has 1 aliphatic rings. The highest BCUT2D eigenvalue weighted by Crippen LogP contribution is 2.30. The molecule has 194 valence electrons. The molecule has 0 aliphatic carbocycles. The lowest BCUT2D eigenvalue weighted by Crippen LogP contribution is -2.47. The number of aliphatic imine (C=N–C) groups is 1. The van der Waals surface area contributed by atoms with Crippen molar-refractivity contribution in [3.8, 4) is 0 Å². The molecular formula is C29H33N3O4S. The zero-order chi connectivity index (χ0) is 26.6. The number of anilines is 1. The van der Waals surface area contributed by atoms with E-state index in [-0.39, 0.29) is 10.8 Å². The molecule has 0 atom stereocenters. The number of carbonyl (C=O) groups excluding carboxylic acids is 1. The normalized spacial score (nSPS) is 15.6. The van der Waals surface area contributed by atoms with E-state index in [4.69, 9.17) is 0 Å². The van der Waals surface area contributed by atoms with E-state index in [1.54, 1.807) is 48.4 Å². The van der Waals surface area contributed by atoms with Gasteiger partial charge in [-0.05, 0) is 75.1 Å². The maximum atomic E-state index is 13.1. The minimum atomic E-state index is -3.87. The molecule has 1 heterocycles. The Morgan fingerprint density at radius 1 is 1.05 bits per heavy atom. The molecule has 4 rings (SSSR count). The second kappa shape index (κ2) is 10.9. The van der Waals surface area contributed by atoms with E-state index >= 15 is 0 Å². The Labute approximate surface area is 218 Å². The van der Waals surface area contributed by atoms with Gasteiger partial charge in [-0.1, -0.05) is 42.0 Å². The van der Waals surface area contributed by atoms with Crippen molar-refractivity contribution in [1.82, 2.24) is 4.90 Å². The monoisotopic (exact) mass is 519 g/mol. The largest absolute Gasteiger partial charge is 0.389 e. The van der Waals surface area contributed by atoms with E-state index in [0.717, 1.165) is 16.7 Å². The van der Waals surface area contributed by atoms with Crippen molar-refractivity contribution < 1.29 is 18.3 Å². The van der Waals surface area contributed by atoms with Crippen molar-refractivity contribution in [1.29, 1.82) is 0 Å². The van der Waals surface area contributed by atoms with Crippen LogP contribution in [0.25, 0.3) is 0 Å². The minimum absolute atomic E-state index is 0.0946. The van der Waals surface area contributed by atoms with Crippen LogP contribution in [-0.4, -0.2) is 49.2 Å². The molecule has 37 heavy (non-hydrogen) atoms. The molecule has 0 bridgehead atoms. The van der Waals surface area contributed by atoms with Crippen LogP contribution in [0.3, 0.4) is 0 Å². The van der Waals surface area contributed by atoms with Crippen LogP contribution in [0, 0.1) is 13.8 Å². The Bertz CT molecular complexity index is 1410. The first-order valence-electron chi connectivity index (χ1n) is 12.4. The number of rotatable bonds is 7. The standard InChI is InChI=1S/C29H33N3O4S/c1-4-30-27-22(3)8-6-10-26(27)37(35,36)31-25-13-11-24(12-14-25)28(33)32-17-15-29(34,16-18-32)20-23-9-5-7-21(2)19-23/h4-14,19,31,34H,15-18,20H2,1-3H3. The lowest BCUT2D eigenvalue weighted by atomic mass is 9.85. The van der Waals surface area contributed by atoms with E-state index in [0.29, 0.717) is 49.3 Å². The molecule has 8 heteroatoms. The van der Waals surface area contributed by atoms with E-state index < -0.39 is 15.6 Å². The Morgan fingerprint density at radius 2 is 1.73 bits per heavy atom. The van der Waals surface area contributed by atoms with Crippen LogP contribution in [0.15, 0.2) is 76.6 Å². The van der Waals surface area contributed by atoms with Crippen molar-refractivity contribution in [2.45, 2.75) is 50.5 Å². The number of amides is 1. The number of nitrogens with zero attached hydrogens (tertiary/aromatic N) is 2. The Kier molecular flexibility index (Phi) is 7.80. The van der Waals surface area contributed by atoms with Gasteiger partial charge in [-0.15, -0.1) is 0 Å². The molecule has 0 saturated carbocycles. The summed E-state index contributed by atoms with van der Waals surface area (Å²) in [4.78, 5) is 19.1. The van der Waals surface area contributed by atoms with Crippen molar-refractivity contribution in [2.24, 2.45) is 4.99 Å². The van der Waals surface area contributed by atoms with Crippen LogP contribution in [0.4, 0.5) is 11.4 Å². The fourth-order valence-corrected chi connectivity index (χ4v) is 6.00. The summed E-state index contributed by atoms with van der Waals surface area (Å²) in [6, 6.07) is 19.6. The third-order valence-corrected chi connectivity index (χ3v) is 8.14. The summed E-state index contributed by atoms with van der Waals surface area (Å²) in [6.07, 6.45) is 3.14. The van der Waals surface area contributed by atoms with Gasteiger partial charge in [0.05, 0.1) is 11.3 Å². The maximum absolute atomic E-state index is 13.1. The van der Waals surface area contributed by atoms with E-state index in [2.05, 4.69) is 15.8 Å². The number of carbonyl (C=O) groups is 1. The van der Waals surface area contributed by atoms with Crippen LogP contribution in [0.1, 0.15) is 46.8 Å². The number of sulfonamides is 1. The summed E-state index contributed by atoms with van der Waals surface area (Å²) in [5.41, 5.74) is 3.41. The van der Waals surface area contributed by atoms with Crippen LogP contribution < -0.4 is 4.72 Å². The second-order valence-corrected chi connectivity index (χ2v) is 11.3. The molecule has 3 aromatic carbocycles. The highest BCUT2D eigenvalue weighted by molar-refractivity contribution is 7.92. The molecule has 2 N–H and O–H groups in total. The third kappa shape index (κ3) is 6.26. The smallest absolute Gasteiger partial charge is 0.264 e. The molecular weight excluding hydrogens is 486 g/mol. The quantitative estimate of drug-likeness (QED) is 0.428. The van der Waals surface area contributed by atoms with Gasteiger partial charge in [0.15, 0.2) is 0 Å². The summed E-state index contributed by atoms with van der Waals surface area (Å²) in [5, 5.41) is 11.1. The molecule has 1 amide bonds. The van der Waals surface area contributed by atoms with Crippen LogP contribution in [0.5, 0.6) is 0 Å². The van der Waals surface area contributed by atoms with Gasteiger partial charge in [-0.3, -0.25) is 14.5 Å². The molecule has 3 aromatic rings. The average Bonchev–Trinajstić information content (AvgIpc) is 2.85. The molecule has 0 unspecified atom stereocenters. The average molecular weight is 520 g/mol. The number of likely N-dealkylation sites (tertiary alicyclic amines) is 1. The molecule has 1 fully saturated rings. The number of piperidine rings is 1. The summed E-state index contributed by atoms with van der Waals surface area (Å²) in [7, 11) is -3.87. The number of aliphatic hydroxyl groups is 1. The van der Waals surface area contributed by atoms with Crippen LogP contribution in [0.2, 0.25) is 0 Å². The first kappa shape index (κ1) is 26.6. The van der Waals surface area contributed by atoms with Crippen molar-refractivity contribution in [2.75, 3.05) is 17.8 Å². The second-order valence-electron chi connectivity index (χ2n) is 9.67. The summed E-state index contributed by atoms with van der Waals surface area (Å²) >= 11 is 0. The predicted octanol–water partition coefficient (Wildman–Crippen LogP) is 5.04. The number of nitrogens with one attached hydrogen (secondary N) is 1. The van der Waals surface area contributed by atoms with Crippen molar-refractivity contribution in [3.05, 3.63) is 89.0 Å². The fourth-order valence-electron chi connectivity index (χ4n) is 4.72. The highest BCUT2D eigenvalue weighted by atomic mass is 32.2. The van der Waals surface area contributed by atoms with E-state index in [1.165, 1.54) is 6.07 Å². The molecule has 1 aliphatic heterocycles. The fraction of sp³-hybridized carbons (Fsp3) is 0.310. The van der Waals surface area contributed by atoms with E-state index in [1.807, 2.05) is 38.1 Å². The van der Waals surface area contributed by atoms with Gasteiger partial charge in [0.2, 0.25) is 0 Å². The van der Waals surface area contributed by atoms with Gasteiger partial charge >= 0.3 is 0 Å². The number of benzene rings is 3. The zero-order valence-corrected chi connectivity index (χ0v) is 22.3. The first-order valence-corrected chi connectivity index (χ1v) is 13.9. The summed E-state index contributed by atoms with van der Waals surface area (Å²) < 4.78 is 28.7. The number of aryl methyl sites for hydroxylation is 2. The Balaban J connectivity index is 1.40. The van der Waals surface area contributed by atoms with Crippen molar-refractivity contribution in [3.63, 3.8) is 0 Å². The number of para-hydroxylation sites is 1. The van der Waals surface area contributed by atoms with E-state index in [9.17, 15) is 18.3 Å². The maximum Gasteiger partial charge on any atom is 0.264 e. The SMILES string of the molecule is CC=Nc1c(C)cccc1S(=O)(=O)Nc1ccc(C(=O)N2CCC(O)(Cc3cccc(C)c3)CC2)cc1. The Morgan fingerprint density at radius 3 is 2.38 bits per heavy atom. The lowest BCUT2D eigenvalue weighted by Gasteiger charge is -2.38.